The van der Waals surface area contributed by atoms with Crippen LogP contribution in [0.1, 0.15) is 48.3 Å². The molecule has 8 heteroatoms. The quantitative estimate of drug-likeness (QED) is 0.197. The van der Waals surface area contributed by atoms with Gasteiger partial charge >= 0.3 is 5.97 Å². The third-order valence-corrected chi connectivity index (χ3v) is 8.35. The number of carbonyl (C=O) groups is 3. The van der Waals surface area contributed by atoms with Crippen LogP contribution in [0.2, 0.25) is 0 Å². The second-order valence-corrected chi connectivity index (χ2v) is 11.4. The number of benzene rings is 3. The summed E-state index contributed by atoms with van der Waals surface area (Å²) in [6.45, 7) is 1.69. The Bertz CT molecular complexity index is 1540. The number of pyridine rings is 1. The number of hydrogen-bond acceptors (Lipinski definition) is 5. The third-order valence-electron chi connectivity index (χ3n) is 8.35. The number of piperidine rings is 1. The molecule has 0 unspecified atom stereocenters. The van der Waals surface area contributed by atoms with E-state index in [4.69, 9.17) is 9.84 Å². The zero-order chi connectivity index (χ0) is 31.4. The molecular weight excluding hydrogens is 566 g/mol. The van der Waals surface area contributed by atoms with Crippen molar-refractivity contribution < 1.29 is 24.2 Å². The zero-order valence-corrected chi connectivity index (χ0v) is 25.3. The molecule has 1 atom stereocenters. The summed E-state index contributed by atoms with van der Waals surface area (Å²) in [6, 6.07) is 29.7. The van der Waals surface area contributed by atoms with Crippen LogP contribution in [0.3, 0.4) is 0 Å². The molecule has 0 aliphatic carbocycles. The van der Waals surface area contributed by atoms with E-state index >= 15 is 0 Å². The van der Waals surface area contributed by atoms with E-state index in [9.17, 15) is 14.4 Å². The van der Waals surface area contributed by atoms with E-state index in [1.54, 1.807) is 6.20 Å². The van der Waals surface area contributed by atoms with Crippen molar-refractivity contribution >= 4 is 17.8 Å². The highest BCUT2D eigenvalue weighted by Gasteiger charge is 2.33. The summed E-state index contributed by atoms with van der Waals surface area (Å²) in [5, 5.41) is 11.9. The lowest BCUT2D eigenvalue weighted by Crippen LogP contribution is -2.43. The van der Waals surface area contributed by atoms with Crippen molar-refractivity contribution in [2.45, 2.75) is 44.6 Å². The van der Waals surface area contributed by atoms with Crippen molar-refractivity contribution in [2.75, 3.05) is 19.6 Å². The lowest BCUT2D eigenvalue weighted by atomic mass is 9.79. The van der Waals surface area contributed by atoms with Gasteiger partial charge in [0.1, 0.15) is 12.4 Å². The summed E-state index contributed by atoms with van der Waals surface area (Å²) >= 11 is 0. The molecule has 1 aromatic heterocycles. The van der Waals surface area contributed by atoms with E-state index in [0.29, 0.717) is 51.1 Å². The van der Waals surface area contributed by atoms with Gasteiger partial charge in [-0.05, 0) is 71.2 Å². The molecule has 0 radical (unpaired) electrons. The number of likely N-dealkylation sites (tertiary alicyclic amines) is 1. The van der Waals surface area contributed by atoms with E-state index in [0.717, 1.165) is 27.8 Å². The Hall–Kier alpha value is -4.98. The maximum absolute atomic E-state index is 13.4. The number of carboxylic acid groups (broad SMARTS) is 1. The van der Waals surface area contributed by atoms with Gasteiger partial charge in [-0.25, -0.2) is 0 Å². The van der Waals surface area contributed by atoms with Crippen molar-refractivity contribution in [3.05, 3.63) is 120 Å². The topological polar surface area (TPSA) is 109 Å². The van der Waals surface area contributed by atoms with Crippen LogP contribution < -0.4 is 10.1 Å². The summed E-state index contributed by atoms with van der Waals surface area (Å²) in [5.41, 5.74) is 5.19. The van der Waals surface area contributed by atoms with Crippen molar-refractivity contribution in [1.82, 2.24) is 15.2 Å². The standard InChI is InChI=1S/C37H39N3O5/c41-34(17-10-27-8-11-29(12-9-27)32-7-4-21-38-25-32)40-23-19-31(20-24-40)36(37(44)39-22-18-35(42)43)30-13-15-33(16-14-30)45-26-28-5-2-1-3-6-28/h1-9,11-16,21,25,31,36H,10,17-20,22-24,26H2,(H,39,44)(H,42,43)/t36-/m1/s1. The second-order valence-electron chi connectivity index (χ2n) is 11.4. The second kappa shape index (κ2) is 15.7. The first kappa shape index (κ1) is 31.4. The van der Waals surface area contributed by atoms with Crippen LogP contribution in [-0.2, 0) is 27.4 Å². The minimum atomic E-state index is -0.956. The van der Waals surface area contributed by atoms with E-state index < -0.39 is 11.9 Å². The maximum atomic E-state index is 13.4. The third kappa shape index (κ3) is 9.01. The molecule has 3 aromatic carbocycles. The van der Waals surface area contributed by atoms with Crippen molar-refractivity contribution in [3.8, 4) is 16.9 Å². The fourth-order valence-electron chi connectivity index (χ4n) is 5.84. The van der Waals surface area contributed by atoms with Gasteiger partial charge in [0.15, 0.2) is 0 Å². The Morgan fingerprint density at radius 2 is 1.58 bits per heavy atom. The Morgan fingerprint density at radius 3 is 2.24 bits per heavy atom. The van der Waals surface area contributed by atoms with E-state index in [1.807, 2.05) is 77.8 Å². The van der Waals surface area contributed by atoms with Crippen molar-refractivity contribution in [2.24, 2.45) is 5.92 Å². The van der Waals surface area contributed by atoms with Crippen LogP contribution in [0.5, 0.6) is 5.75 Å². The van der Waals surface area contributed by atoms with Crippen LogP contribution in [0.25, 0.3) is 11.1 Å². The molecule has 45 heavy (non-hydrogen) atoms. The molecule has 1 saturated heterocycles. The van der Waals surface area contributed by atoms with Gasteiger partial charge in [0.05, 0.1) is 12.3 Å². The first-order valence-electron chi connectivity index (χ1n) is 15.5. The molecule has 2 N–H and O–H groups in total. The molecule has 1 aliphatic heterocycles. The lowest BCUT2D eigenvalue weighted by molar-refractivity contribution is -0.137. The summed E-state index contributed by atoms with van der Waals surface area (Å²) in [5.74, 6) is -0.740. The Morgan fingerprint density at radius 1 is 0.844 bits per heavy atom. The highest BCUT2D eigenvalue weighted by Crippen LogP contribution is 2.34. The number of aliphatic carboxylic acids is 1. The maximum Gasteiger partial charge on any atom is 0.305 e. The zero-order valence-electron chi connectivity index (χ0n) is 25.3. The number of amides is 2. The number of rotatable bonds is 13. The largest absolute Gasteiger partial charge is 0.489 e. The van der Waals surface area contributed by atoms with Crippen molar-refractivity contribution in [3.63, 3.8) is 0 Å². The van der Waals surface area contributed by atoms with E-state index in [2.05, 4.69) is 34.6 Å². The molecule has 0 spiro atoms. The van der Waals surface area contributed by atoms with Crippen molar-refractivity contribution in [1.29, 1.82) is 0 Å². The number of nitrogens with one attached hydrogen (secondary N) is 1. The van der Waals surface area contributed by atoms with E-state index in [-0.39, 0.29) is 30.7 Å². The predicted molar refractivity (Wildman–Crippen MR) is 173 cm³/mol. The average Bonchev–Trinajstić information content (AvgIpc) is 3.08. The fourth-order valence-corrected chi connectivity index (χ4v) is 5.84. The van der Waals surface area contributed by atoms with Crippen LogP contribution >= 0.6 is 0 Å². The highest BCUT2D eigenvalue weighted by molar-refractivity contribution is 5.84. The van der Waals surface area contributed by atoms with Gasteiger partial charge < -0.3 is 20.1 Å². The highest BCUT2D eigenvalue weighted by atomic mass is 16.5. The van der Waals surface area contributed by atoms with Gasteiger partial charge in [0.25, 0.3) is 0 Å². The normalized spacial score (nSPS) is 14.0. The molecule has 2 amide bonds. The molecule has 5 rings (SSSR count). The van der Waals surface area contributed by atoms with E-state index in [1.165, 1.54) is 0 Å². The molecule has 1 fully saturated rings. The van der Waals surface area contributed by atoms with Crippen LogP contribution in [0, 0.1) is 5.92 Å². The molecule has 232 valence electrons. The van der Waals surface area contributed by atoms with Crippen LogP contribution in [-0.4, -0.2) is 52.4 Å². The monoisotopic (exact) mass is 605 g/mol. The molecule has 0 bridgehead atoms. The van der Waals surface area contributed by atoms with Crippen LogP contribution in [0.4, 0.5) is 0 Å². The summed E-state index contributed by atoms with van der Waals surface area (Å²) in [6.07, 6.45) is 5.93. The number of aryl methyl sites for hydroxylation is 1. The predicted octanol–water partition coefficient (Wildman–Crippen LogP) is 5.87. The molecule has 0 saturated carbocycles. The SMILES string of the molecule is O=C(O)CCNC(=O)[C@H](c1ccc(OCc2ccccc2)cc1)C1CCN(C(=O)CCc2ccc(-c3cccnc3)cc2)CC1. The molecule has 4 aromatic rings. The number of carboxylic acids is 1. The molecular formula is C37H39N3O5. The average molecular weight is 606 g/mol. The molecule has 8 nitrogen and oxygen atoms in total. The number of carbonyl (C=O) groups excluding carboxylic acids is 2. The van der Waals surface area contributed by atoms with Gasteiger partial charge in [0, 0.05) is 38.4 Å². The Kier molecular flexibility index (Phi) is 10.9. The summed E-state index contributed by atoms with van der Waals surface area (Å²) in [4.78, 5) is 43.6. The first-order valence-corrected chi connectivity index (χ1v) is 15.5. The number of nitrogens with zero attached hydrogens (tertiary/aromatic N) is 2. The van der Waals surface area contributed by atoms with Gasteiger partial charge in [-0.15, -0.1) is 0 Å². The van der Waals surface area contributed by atoms with Gasteiger partial charge in [-0.1, -0.05) is 72.8 Å². The van der Waals surface area contributed by atoms with Crippen LogP contribution in [0.15, 0.2) is 103 Å². The smallest absolute Gasteiger partial charge is 0.305 e. The summed E-state index contributed by atoms with van der Waals surface area (Å²) in [7, 11) is 0. The molecule has 2 heterocycles. The van der Waals surface area contributed by atoms with Gasteiger partial charge in [-0.3, -0.25) is 19.4 Å². The minimum Gasteiger partial charge on any atom is -0.489 e. The van der Waals surface area contributed by atoms with Gasteiger partial charge in [0.2, 0.25) is 11.8 Å². The lowest BCUT2D eigenvalue weighted by Gasteiger charge is -2.36. The minimum absolute atomic E-state index is 0.0231. The molecule has 1 aliphatic rings. The first-order chi connectivity index (χ1) is 22.0. The Labute approximate surface area is 264 Å². The number of ether oxygens (including phenoxy) is 1. The Balaban J connectivity index is 1.17. The summed E-state index contributed by atoms with van der Waals surface area (Å²) < 4.78 is 5.93. The van der Waals surface area contributed by atoms with Gasteiger partial charge in [-0.2, -0.15) is 0 Å². The fraction of sp³-hybridized carbons (Fsp3) is 0.297. The number of hydrogen-bond donors (Lipinski definition) is 2. The number of aromatic nitrogens is 1.